The van der Waals surface area contributed by atoms with Crippen molar-refractivity contribution in [3.8, 4) is 0 Å². The summed E-state index contributed by atoms with van der Waals surface area (Å²) in [5, 5.41) is 0.987. The second-order valence-electron chi connectivity index (χ2n) is 6.18. The predicted octanol–water partition coefficient (Wildman–Crippen LogP) is 5.76. The van der Waals surface area contributed by atoms with E-state index in [2.05, 4.69) is 0 Å². The van der Waals surface area contributed by atoms with Crippen LogP contribution < -0.4 is 0 Å². The lowest BCUT2D eigenvalue weighted by atomic mass is 9.96. The maximum atomic E-state index is 13.1. The Morgan fingerprint density at radius 2 is 1.56 bits per heavy atom. The van der Waals surface area contributed by atoms with Crippen LogP contribution in [0.3, 0.4) is 0 Å². The number of nitrogens with zero attached hydrogens (tertiary/aromatic N) is 1. The van der Waals surface area contributed by atoms with Crippen LogP contribution in [-0.4, -0.2) is 17.8 Å². The minimum Gasteiger partial charge on any atom is -0.463 e. The van der Waals surface area contributed by atoms with Gasteiger partial charge in [-0.2, -0.15) is 0 Å². The van der Waals surface area contributed by atoms with Crippen LogP contribution in [0.4, 0.5) is 0 Å². The van der Waals surface area contributed by atoms with Crippen molar-refractivity contribution in [1.29, 1.82) is 0 Å². The van der Waals surface area contributed by atoms with Crippen molar-refractivity contribution in [3.63, 3.8) is 0 Å². The number of hydrogen-bond acceptors (Lipinski definition) is 3. The molecule has 4 rings (SSSR count). The summed E-state index contributed by atoms with van der Waals surface area (Å²) >= 11 is 12.4. The molecule has 0 radical (unpaired) electrons. The molecule has 3 aromatic rings. The number of rotatable bonds is 4. The molecule has 1 heterocycles. The van der Waals surface area contributed by atoms with E-state index in [-0.39, 0.29) is 5.78 Å². The number of carbonyl (C=O) groups excluding carboxylic acids is 1. The van der Waals surface area contributed by atoms with Crippen LogP contribution in [0.2, 0.25) is 10.0 Å². The van der Waals surface area contributed by atoms with Crippen molar-refractivity contribution >= 4 is 34.9 Å². The predicted molar refractivity (Wildman–Crippen MR) is 108 cm³/mol. The fourth-order valence-electron chi connectivity index (χ4n) is 3.07. The number of carbonyl (C=O) groups is 1. The summed E-state index contributed by atoms with van der Waals surface area (Å²) in [6, 6.07) is 23.2. The van der Waals surface area contributed by atoms with Crippen molar-refractivity contribution in [3.05, 3.63) is 106 Å². The third-order valence-corrected chi connectivity index (χ3v) is 4.96. The summed E-state index contributed by atoms with van der Waals surface area (Å²) < 4.78 is 6.02. The van der Waals surface area contributed by atoms with Crippen LogP contribution in [-0.2, 0) is 4.74 Å². The Morgan fingerprint density at radius 1 is 0.889 bits per heavy atom. The van der Waals surface area contributed by atoms with Gasteiger partial charge in [0, 0.05) is 21.2 Å². The van der Waals surface area contributed by atoms with E-state index < -0.39 is 12.1 Å². The van der Waals surface area contributed by atoms with Gasteiger partial charge in [-0.25, -0.2) is 4.99 Å². The van der Waals surface area contributed by atoms with E-state index in [4.69, 9.17) is 32.9 Å². The van der Waals surface area contributed by atoms with Gasteiger partial charge in [-0.1, -0.05) is 77.8 Å². The second-order valence-corrected chi connectivity index (χ2v) is 7.02. The molecule has 2 atom stereocenters. The topological polar surface area (TPSA) is 38.7 Å². The molecule has 3 nitrogen and oxygen atoms in total. The summed E-state index contributed by atoms with van der Waals surface area (Å²) in [5.74, 6) is 0.294. The molecule has 0 unspecified atom stereocenters. The Labute approximate surface area is 167 Å². The number of benzene rings is 3. The van der Waals surface area contributed by atoms with Crippen molar-refractivity contribution in [2.24, 2.45) is 4.99 Å². The highest BCUT2D eigenvalue weighted by molar-refractivity contribution is 6.35. The minimum atomic E-state index is -0.790. The van der Waals surface area contributed by atoms with Gasteiger partial charge >= 0.3 is 0 Å². The molecule has 0 aliphatic carbocycles. The summed E-state index contributed by atoms with van der Waals surface area (Å²) in [4.78, 5) is 17.8. The van der Waals surface area contributed by atoms with E-state index in [0.29, 0.717) is 27.1 Å². The summed E-state index contributed by atoms with van der Waals surface area (Å²) in [6.45, 7) is 0. The molecule has 1 aliphatic rings. The SMILES string of the molecule is O=C(c1ccccc1)[C@@H]1OC(c2ccccc2)=N[C@H]1c1ccc(Cl)cc1Cl. The van der Waals surface area contributed by atoms with E-state index in [9.17, 15) is 4.79 Å². The van der Waals surface area contributed by atoms with E-state index in [1.165, 1.54) is 0 Å². The zero-order valence-electron chi connectivity index (χ0n) is 14.2. The molecular weight excluding hydrogens is 381 g/mol. The summed E-state index contributed by atoms with van der Waals surface area (Å²) in [5.41, 5.74) is 2.10. The van der Waals surface area contributed by atoms with Gasteiger partial charge in [0.15, 0.2) is 6.10 Å². The van der Waals surface area contributed by atoms with Crippen molar-refractivity contribution in [2.45, 2.75) is 12.1 Å². The number of Topliss-reactive ketones (excluding diaryl/α,β-unsaturated/α-hetero) is 1. The Morgan fingerprint density at radius 3 is 2.22 bits per heavy atom. The van der Waals surface area contributed by atoms with Gasteiger partial charge in [0.05, 0.1) is 0 Å². The van der Waals surface area contributed by atoms with Gasteiger partial charge in [0.2, 0.25) is 11.7 Å². The lowest BCUT2D eigenvalue weighted by Crippen LogP contribution is -2.27. The standard InChI is InChI=1S/C22H15Cl2NO2/c23-16-11-12-17(18(24)13-16)19-21(20(26)14-7-3-1-4-8-14)27-22(25-19)15-9-5-2-6-10-15/h1-13,19,21H/t19-,21+/m0/s1. The maximum Gasteiger partial charge on any atom is 0.217 e. The quantitative estimate of drug-likeness (QED) is 0.526. The van der Waals surface area contributed by atoms with Crippen LogP contribution in [0.25, 0.3) is 0 Å². The molecule has 3 aromatic carbocycles. The minimum absolute atomic E-state index is 0.138. The molecule has 134 valence electrons. The highest BCUT2D eigenvalue weighted by Crippen LogP contribution is 2.37. The molecule has 1 aliphatic heterocycles. The zero-order chi connectivity index (χ0) is 18.8. The average molecular weight is 396 g/mol. The summed E-state index contributed by atoms with van der Waals surface area (Å²) in [7, 11) is 0. The molecule has 0 bridgehead atoms. The Bertz CT molecular complexity index is 1000. The normalized spacial score (nSPS) is 18.7. The van der Waals surface area contributed by atoms with Crippen LogP contribution in [0.15, 0.2) is 83.9 Å². The third kappa shape index (κ3) is 3.61. The number of ether oxygens (including phenoxy) is 1. The monoisotopic (exact) mass is 395 g/mol. The zero-order valence-corrected chi connectivity index (χ0v) is 15.7. The van der Waals surface area contributed by atoms with E-state index in [1.807, 2.05) is 48.5 Å². The number of ketones is 1. The van der Waals surface area contributed by atoms with Crippen LogP contribution in [0, 0.1) is 0 Å². The highest BCUT2D eigenvalue weighted by atomic mass is 35.5. The number of hydrogen-bond donors (Lipinski definition) is 0. The molecule has 27 heavy (non-hydrogen) atoms. The van der Waals surface area contributed by atoms with Gasteiger partial charge < -0.3 is 4.74 Å². The van der Waals surface area contributed by atoms with E-state index >= 15 is 0 Å². The average Bonchev–Trinajstić information content (AvgIpc) is 3.14. The maximum absolute atomic E-state index is 13.1. The first kappa shape index (κ1) is 17.8. The Hall–Kier alpha value is -2.62. The van der Waals surface area contributed by atoms with Crippen molar-refractivity contribution in [2.75, 3.05) is 0 Å². The first-order valence-electron chi connectivity index (χ1n) is 8.47. The molecule has 0 saturated heterocycles. The largest absolute Gasteiger partial charge is 0.463 e. The summed E-state index contributed by atoms with van der Waals surface area (Å²) in [6.07, 6.45) is -0.790. The van der Waals surface area contributed by atoms with Gasteiger partial charge in [-0.3, -0.25) is 4.79 Å². The first-order chi connectivity index (χ1) is 13.1. The van der Waals surface area contributed by atoms with Crippen LogP contribution in [0.5, 0.6) is 0 Å². The number of aliphatic imine (C=N–C) groups is 1. The Kier molecular flexibility index (Phi) is 4.97. The first-order valence-corrected chi connectivity index (χ1v) is 9.23. The molecule has 0 aromatic heterocycles. The number of halogens is 2. The molecular formula is C22H15Cl2NO2. The third-order valence-electron chi connectivity index (χ3n) is 4.40. The molecule has 0 saturated carbocycles. The van der Waals surface area contributed by atoms with E-state index in [0.717, 1.165) is 5.56 Å². The molecule has 0 fully saturated rings. The van der Waals surface area contributed by atoms with E-state index in [1.54, 1.807) is 30.3 Å². The van der Waals surface area contributed by atoms with Crippen molar-refractivity contribution < 1.29 is 9.53 Å². The van der Waals surface area contributed by atoms with Gasteiger partial charge in [-0.05, 0) is 29.8 Å². The molecule has 5 heteroatoms. The molecule has 0 spiro atoms. The fourth-order valence-corrected chi connectivity index (χ4v) is 3.59. The lowest BCUT2D eigenvalue weighted by molar-refractivity contribution is 0.0775. The smallest absolute Gasteiger partial charge is 0.217 e. The van der Waals surface area contributed by atoms with Crippen molar-refractivity contribution in [1.82, 2.24) is 0 Å². The van der Waals surface area contributed by atoms with Crippen LogP contribution in [0.1, 0.15) is 27.5 Å². The van der Waals surface area contributed by atoms with Gasteiger partial charge in [0.25, 0.3) is 0 Å². The lowest BCUT2D eigenvalue weighted by Gasteiger charge is -2.18. The molecule has 0 amide bonds. The van der Waals surface area contributed by atoms with Crippen LogP contribution >= 0.6 is 23.2 Å². The molecule has 0 N–H and O–H groups in total. The highest BCUT2D eigenvalue weighted by Gasteiger charge is 2.39. The second kappa shape index (κ2) is 7.55. The van der Waals surface area contributed by atoms with Gasteiger partial charge in [-0.15, -0.1) is 0 Å². The van der Waals surface area contributed by atoms with Gasteiger partial charge in [0.1, 0.15) is 6.04 Å². The fraction of sp³-hybridized carbons (Fsp3) is 0.0909. The Balaban J connectivity index is 1.76.